The minimum atomic E-state index is 0.728. The molecule has 0 bridgehead atoms. The normalized spacial score (nSPS) is 11.3. The van der Waals surface area contributed by atoms with Crippen LogP contribution in [0.15, 0.2) is 61.1 Å². The summed E-state index contributed by atoms with van der Waals surface area (Å²) < 4.78 is 3.89. The standard InChI is InChI=1S/C20H17N7/c1-13-24-17-10-14(8-9-18(17)27(13)15-6-4-3-5-7-15)25-19-16-11-23-26(2)20(16)22-12-21-19/h3-12H,1-2H3,(H,21,22,25). The van der Waals surface area contributed by atoms with Crippen molar-refractivity contribution in [2.45, 2.75) is 6.92 Å². The van der Waals surface area contributed by atoms with Crippen LogP contribution in [0.5, 0.6) is 0 Å². The zero-order valence-corrected chi connectivity index (χ0v) is 15.0. The first kappa shape index (κ1) is 15.5. The van der Waals surface area contributed by atoms with Crippen LogP contribution < -0.4 is 5.32 Å². The van der Waals surface area contributed by atoms with Gasteiger partial charge in [0.15, 0.2) is 5.65 Å². The fourth-order valence-corrected chi connectivity index (χ4v) is 3.38. The zero-order chi connectivity index (χ0) is 18.4. The molecular formula is C20H17N7. The van der Waals surface area contributed by atoms with Crippen LogP contribution in [0.4, 0.5) is 11.5 Å². The van der Waals surface area contributed by atoms with E-state index in [1.54, 1.807) is 17.2 Å². The summed E-state index contributed by atoms with van der Waals surface area (Å²) in [6.07, 6.45) is 3.31. The number of aromatic nitrogens is 6. The predicted octanol–water partition coefficient (Wildman–Crippen LogP) is 3.75. The number of nitrogens with one attached hydrogen (secondary N) is 1. The summed E-state index contributed by atoms with van der Waals surface area (Å²) in [5.74, 6) is 1.68. The minimum Gasteiger partial charge on any atom is -0.339 e. The number of rotatable bonds is 3. The highest BCUT2D eigenvalue weighted by Gasteiger charge is 2.12. The molecular weight excluding hydrogens is 338 g/mol. The van der Waals surface area contributed by atoms with Gasteiger partial charge in [0, 0.05) is 18.4 Å². The third-order valence-corrected chi connectivity index (χ3v) is 4.63. The molecule has 7 heteroatoms. The van der Waals surface area contributed by atoms with E-state index in [4.69, 9.17) is 4.98 Å². The smallest absolute Gasteiger partial charge is 0.163 e. The van der Waals surface area contributed by atoms with Crippen LogP contribution in [-0.4, -0.2) is 29.3 Å². The van der Waals surface area contributed by atoms with E-state index < -0.39 is 0 Å². The van der Waals surface area contributed by atoms with Gasteiger partial charge < -0.3 is 5.32 Å². The highest BCUT2D eigenvalue weighted by molar-refractivity contribution is 5.90. The third kappa shape index (κ3) is 2.52. The van der Waals surface area contributed by atoms with Crippen LogP contribution in [0.3, 0.4) is 0 Å². The quantitative estimate of drug-likeness (QED) is 0.533. The van der Waals surface area contributed by atoms with Crippen molar-refractivity contribution in [3.8, 4) is 5.69 Å². The first-order chi connectivity index (χ1) is 13.2. The molecule has 3 heterocycles. The highest BCUT2D eigenvalue weighted by Crippen LogP contribution is 2.27. The van der Waals surface area contributed by atoms with Gasteiger partial charge in [0.1, 0.15) is 18.0 Å². The van der Waals surface area contributed by atoms with Crippen molar-refractivity contribution in [2.24, 2.45) is 7.05 Å². The highest BCUT2D eigenvalue weighted by atomic mass is 15.3. The minimum absolute atomic E-state index is 0.728. The summed E-state index contributed by atoms with van der Waals surface area (Å²) in [6.45, 7) is 2.02. The van der Waals surface area contributed by atoms with Crippen molar-refractivity contribution in [3.05, 3.63) is 66.9 Å². The Balaban J connectivity index is 1.58. The van der Waals surface area contributed by atoms with Crippen LogP contribution in [0.2, 0.25) is 0 Å². The fourth-order valence-electron chi connectivity index (χ4n) is 3.38. The van der Waals surface area contributed by atoms with Gasteiger partial charge in [-0.2, -0.15) is 5.10 Å². The Morgan fingerprint density at radius 3 is 2.70 bits per heavy atom. The van der Waals surface area contributed by atoms with Gasteiger partial charge in [-0.05, 0) is 37.3 Å². The predicted molar refractivity (Wildman–Crippen MR) is 105 cm³/mol. The second-order valence-electron chi connectivity index (χ2n) is 6.39. The SMILES string of the molecule is Cc1nc2cc(Nc3ncnc4c3cnn4C)ccc2n1-c1ccccc1. The lowest BCUT2D eigenvalue weighted by atomic mass is 10.2. The van der Waals surface area contributed by atoms with Crippen molar-refractivity contribution in [1.29, 1.82) is 0 Å². The number of para-hydroxylation sites is 1. The van der Waals surface area contributed by atoms with E-state index in [0.717, 1.165) is 45.1 Å². The molecule has 0 atom stereocenters. The average molecular weight is 355 g/mol. The molecule has 0 saturated heterocycles. The number of imidazole rings is 1. The molecule has 5 rings (SSSR count). The summed E-state index contributed by atoms with van der Waals surface area (Å²) in [5.41, 5.74) is 4.81. The molecule has 0 spiro atoms. The number of hydrogen-bond donors (Lipinski definition) is 1. The molecule has 0 amide bonds. The van der Waals surface area contributed by atoms with E-state index in [2.05, 4.69) is 43.1 Å². The molecule has 0 aliphatic carbocycles. The number of anilines is 2. The molecule has 7 nitrogen and oxygen atoms in total. The Labute approximate surface area is 155 Å². The Kier molecular flexibility index (Phi) is 3.39. The van der Waals surface area contributed by atoms with Crippen LogP contribution in [0, 0.1) is 6.92 Å². The number of aryl methyl sites for hydroxylation is 2. The number of benzene rings is 2. The maximum Gasteiger partial charge on any atom is 0.163 e. The lowest BCUT2D eigenvalue weighted by molar-refractivity contribution is 0.785. The number of hydrogen-bond acceptors (Lipinski definition) is 5. The van der Waals surface area contributed by atoms with Crippen molar-refractivity contribution >= 4 is 33.6 Å². The van der Waals surface area contributed by atoms with Gasteiger partial charge in [0.2, 0.25) is 0 Å². The molecule has 5 aromatic rings. The summed E-state index contributed by atoms with van der Waals surface area (Å²) in [7, 11) is 1.87. The van der Waals surface area contributed by atoms with Crippen molar-refractivity contribution in [3.63, 3.8) is 0 Å². The van der Waals surface area contributed by atoms with E-state index in [-0.39, 0.29) is 0 Å². The molecule has 1 N–H and O–H groups in total. The average Bonchev–Trinajstić information content (AvgIpc) is 3.22. The van der Waals surface area contributed by atoms with Gasteiger partial charge in [0.25, 0.3) is 0 Å². The van der Waals surface area contributed by atoms with Crippen molar-refractivity contribution in [1.82, 2.24) is 29.3 Å². The number of fused-ring (bicyclic) bond motifs is 2. The second kappa shape index (κ2) is 5.91. The zero-order valence-electron chi connectivity index (χ0n) is 15.0. The lowest BCUT2D eigenvalue weighted by Crippen LogP contribution is -1.98. The van der Waals surface area contributed by atoms with Crippen LogP contribution >= 0.6 is 0 Å². The fraction of sp³-hybridized carbons (Fsp3) is 0.100. The molecule has 0 saturated carbocycles. The topological polar surface area (TPSA) is 73.5 Å². The summed E-state index contributed by atoms with van der Waals surface area (Å²) in [5, 5.41) is 8.50. The summed E-state index contributed by atoms with van der Waals surface area (Å²) in [4.78, 5) is 13.4. The molecule has 0 aliphatic rings. The maximum atomic E-state index is 4.73. The van der Waals surface area contributed by atoms with E-state index in [1.165, 1.54) is 0 Å². The molecule has 3 aromatic heterocycles. The van der Waals surface area contributed by atoms with E-state index in [0.29, 0.717) is 0 Å². The van der Waals surface area contributed by atoms with Crippen molar-refractivity contribution in [2.75, 3.05) is 5.32 Å². The lowest BCUT2D eigenvalue weighted by Gasteiger charge is -2.08. The summed E-state index contributed by atoms with van der Waals surface area (Å²) >= 11 is 0. The van der Waals surface area contributed by atoms with Crippen LogP contribution in [-0.2, 0) is 7.05 Å². The van der Waals surface area contributed by atoms with Gasteiger partial charge in [-0.15, -0.1) is 0 Å². The Morgan fingerprint density at radius 2 is 1.85 bits per heavy atom. The van der Waals surface area contributed by atoms with E-state index in [1.807, 2.05) is 44.3 Å². The van der Waals surface area contributed by atoms with Crippen LogP contribution in [0.25, 0.3) is 27.8 Å². The van der Waals surface area contributed by atoms with Gasteiger partial charge in [-0.25, -0.2) is 15.0 Å². The van der Waals surface area contributed by atoms with Gasteiger partial charge in [-0.3, -0.25) is 9.25 Å². The van der Waals surface area contributed by atoms with E-state index in [9.17, 15) is 0 Å². The molecule has 0 aliphatic heterocycles. The molecule has 2 aromatic carbocycles. The third-order valence-electron chi connectivity index (χ3n) is 4.63. The van der Waals surface area contributed by atoms with Gasteiger partial charge in [0.05, 0.1) is 22.6 Å². The molecule has 0 unspecified atom stereocenters. The monoisotopic (exact) mass is 355 g/mol. The molecule has 132 valence electrons. The Hall–Kier alpha value is -3.74. The molecule has 0 radical (unpaired) electrons. The Bertz CT molecular complexity index is 1270. The Morgan fingerprint density at radius 1 is 1.00 bits per heavy atom. The van der Waals surface area contributed by atoms with Crippen LogP contribution in [0.1, 0.15) is 5.82 Å². The summed E-state index contributed by atoms with van der Waals surface area (Å²) in [6, 6.07) is 16.4. The largest absolute Gasteiger partial charge is 0.339 e. The van der Waals surface area contributed by atoms with Gasteiger partial charge in [-0.1, -0.05) is 18.2 Å². The maximum absolute atomic E-state index is 4.73. The second-order valence-corrected chi connectivity index (χ2v) is 6.39. The van der Waals surface area contributed by atoms with E-state index >= 15 is 0 Å². The molecule has 0 fully saturated rings. The van der Waals surface area contributed by atoms with Gasteiger partial charge >= 0.3 is 0 Å². The number of nitrogens with zero attached hydrogens (tertiary/aromatic N) is 6. The first-order valence-corrected chi connectivity index (χ1v) is 8.65. The first-order valence-electron chi connectivity index (χ1n) is 8.65. The molecule has 27 heavy (non-hydrogen) atoms. The van der Waals surface area contributed by atoms with Crippen molar-refractivity contribution < 1.29 is 0 Å².